The molecule has 0 spiro atoms. The van der Waals surface area contributed by atoms with Crippen molar-refractivity contribution >= 4 is 0 Å². The molecule has 0 saturated carbocycles. The number of benzene rings is 1. The highest BCUT2D eigenvalue weighted by Crippen LogP contribution is 2.30. The minimum absolute atomic E-state index is 0.480. The highest BCUT2D eigenvalue weighted by atomic mass is 15.2. The van der Waals surface area contributed by atoms with Crippen LogP contribution in [0.5, 0.6) is 0 Å². The van der Waals surface area contributed by atoms with Gasteiger partial charge in [0.25, 0.3) is 0 Å². The highest BCUT2D eigenvalue weighted by molar-refractivity contribution is 5.41. The van der Waals surface area contributed by atoms with E-state index < -0.39 is 0 Å². The Kier molecular flexibility index (Phi) is 6.93. The lowest BCUT2D eigenvalue weighted by atomic mass is 9.90. The molecular formula is C20H35N. The predicted molar refractivity (Wildman–Crippen MR) is 95.0 cm³/mol. The van der Waals surface area contributed by atoms with Gasteiger partial charge in [0.05, 0.1) is 0 Å². The minimum atomic E-state index is 0.480. The first kappa shape index (κ1) is 18.2. The fraction of sp³-hybridized carbons (Fsp3) is 0.700. The summed E-state index contributed by atoms with van der Waals surface area (Å²) < 4.78 is 0. The van der Waals surface area contributed by atoms with Gasteiger partial charge in [-0.1, -0.05) is 46.2 Å². The molecule has 3 unspecified atom stereocenters. The second-order valence-electron chi connectivity index (χ2n) is 6.62. The summed E-state index contributed by atoms with van der Waals surface area (Å²) >= 11 is 0. The van der Waals surface area contributed by atoms with Crippen LogP contribution in [0, 0.1) is 19.8 Å². The number of hydrogen-bond donors (Lipinski definition) is 0. The van der Waals surface area contributed by atoms with E-state index in [1.807, 2.05) is 0 Å². The molecular weight excluding hydrogens is 254 g/mol. The third kappa shape index (κ3) is 3.88. The Bertz CT molecular complexity index is 449. The molecule has 0 N–H and O–H groups in total. The van der Waals surface area contributed by atoms with Gasteiger partial charge in [-0.25, -0.2) is 0 Å². The molecule has 1 nitrogen and oxygen atoms in total. The molecule has 3 atom stereocenters. The average Bonchev–Trinajstić information content (AvgIpc) is 2.49. The molecule has 21 heavy (non-hydrogen) atoms. The van der Waals surface area contributed by atoms with Crippen molar-refractivity contribution in [1.29, 1.82) is 0 Å². The number of nitrogens with zero attached hydrogens (tertiary/aromatic N) is 1. The third-order valence-corrected chi connectivity index (χ3v) is 5.63. The van der Waals surface area contributed by atoms with Gasteiger partial charge < -0.3 is 0 Å². The summed E-state index contributed by atoms with van der Waals surface area (Å²) in [5.41, 5.74) is 5.94. The van der Waals surface area contributed by atoms with E-state index in [1.54, 1.807) is 0 Å². The van der Waals surface area contributed by atoms with Crippen LogP contribution in [-0.4, -0.2) is 18.0 Å². The van der Waals surface area contributed by atoms with Gasteiger partial charge in [0, 0.05) is 12.1 Å². The Morgan fingerprint density at radius 1 is 0.952 bits per heavy atom. The Hall–Kier alpha value is -0.820. The van der Waals surface area contributed by atoms with Gasteiger partial charge in [0.2, 0.25) is 0 Å². The van der Waals surface area contributed by atoms with Crippen molar-refractivity contribution in [2.75, 3.05) is 7.05 Å². The standard InChI is InChI=1S/C20H35N/c1-9-14(4)20(11-3)21(8)17(7)19-13-12-18(10-2)15(5)16(19)6/h12-14,17,20H,9-11H2,1-8H3. The fourth-order valence-electron chi connectivity index (χ4n) is 3.60. The van der Waals surface area contributed by atoms with E-state index in [9.17, 15) is 0 Å². The van der Waals surface area contributed by atoms with Crippen molar-refractivity contribution in [1.82, 2.24) is 4.90 Å². The lowest BCUT2D eigenvalue weighted by molar-refractivity contribution is 0.131. The lowest BCUT2D eigenvalue weighted by Gasteiger charge is -2.37. The third-order valence-electron chi connectivity index (χ3n) is 5.63. The van der Waals surface area contributed by atoms with Crippen molar-refractivity contribution in [3.63, 3.8) is 0 Å². The summed E-state index contributed by atoms with van der Waals surface area (Å²) in [7, 11) is 2.30. The molecule has 1 rings (SSSR count). The van der Waals surface area contributed by atoms with Crippen molar-refractivity contribution in [3.8, 4) is 0 Å². The average molecular weight is 290 g/mol. The van der Waals surface area contributed by atoms with Crippen LogP contribution in [0.25, 0.3) is 0 Å². The SMILES string of the molecule is CCc1ccc(C(C)N(C)C(CC)C(C)CC)c(C)c1C. The van der Waals surface area contributed by atoms with Gasteiger partial charge in [-0.15, -0.1) is 0 Å². The Morgan fingerprint density at radius 2 is 1.57 bits per heavy atom. The number of hydrogen-bond acceptors (Lipinski definition) is 1. The van der Waals surface area contributed by atoms with Gasteiger partial charge in [-0.05, 0) is 68.8 Å². The molecule has 1 heteroatoms. The Morgan fingerprint density at radius 3 is 2.05 bits per heavy atom. The zero-order valence-corrected chi connectivity index (χ0v) is 15.5. The van der Waals surface area contributed by atoms with Crippen LogP contribution in [0.15, 0.2) is 12.1 Å². The summed E-state index contributed by atoms with van der Waals surface area (Å²) in [6.45, 7) is 16.2. The van der Waals surface area contributed by atoms with E-state index >= 15 is 0 Å². The van der Waals surface area contributed by atoms with Crippen LogP contribution in [0.1, 0.15) is 75.8 Å². The van der Waals surface area contributed by atoms with E-state index in [1.165, 1.54) is 35.1 Å². The largest absolute Gasteiger partial charge is 0.296 e. The normalized spacial score (nSPS) is 16.0. The van der Waals surface area contributed by atoms with Gasteiger partial charge in [-0.3, -0.25) is 4.90 Å². The summed E-state index contributed by atoms with van der Waals surface area (Å²) in [6, 6.07) is 5.82. The Labute approximate surface area is 132 Å². The minimum Gasteiger partial charge on any atom is -0.296 e. The van der Waals surface area contributed by atoms with E-state index in [2.05, 4.69) is 72.5 Å². The zero-order valence-electron chi connectivity index (χ0n) is 15.5. The molecule has 0 bridgehead atoms. The van der Waals surface area contributed by atoms with Crippen molar-refractivity contribution in [2.24, 2.45) is 5.92 Å². The molecule has 1 aromatic carbocycles. The van der Waals surface area contributed by atoms with Crippen molar-refractivity contribution in [2.45, 2.75) is 79.8 Å². The van der Waals surface area contributed by atoms with Crippen LogP contribution in [0.3, 0.4) is 0 Å². The monoisotopic (exact) mass is 289 g/mol. The summed E-state index contributed by atoms with van der Waals surface area (Å²) in [6.07, 6.45) is 3.60. The molecule has 1 aromatic rings. The molecule has 0 amide bonds. The molecule has 0 aliphatic heterocycles. The molecule has 0 radical (unpaired) electrons. The summed E-state index contributed by atoms with van der Waals surface area (Å²) in [4.78, 5) is 2.58. The first-order chi connectivity index (χ1) is 9.88. The van der Waals surface area contributed by atoms with Gasteiger partial charge in [0.15, 0.2) is 0 Å². The maximum atomic E-state index is 2.58. The van der Waals surface area contributed by atoms with E-state index in [0.717, 1.165) is 12.3 Å². The van der Waals surface area contributed by atoms with E-state index in [4.69, 9.17) is 0 Å². The van der Waals surface area contributed by atoms with Gasteiger partial charge in [-0.2, -0.15) is 0 Å². The predicted octanol–water partition coefficient (Wildman–Crippen LogP) is 5.68. The number of rotatable bonds is 7. The molecule has 0 saturated heterocycles. The lowest BCUT2D eigenvalue weighted by Crippen LogP contribution is -2.38. The van der Waals surface area contributed by atoms with Crippen LogP contribution in [0.4, 0.5) is 0 Å². The quantitative estimate of drug-likeness (QED) is 0.624. The van der Waals surface area contributed by atoms with Crippen LogP contribution < -0.4 is 0 Å². The van der Waals surface area contributed by atoms with E-state index in [-0.39, 0.29) is 0 Å². The second-order valence-corrected chi connectivity index (χ2v) is 6.62. The highest BCUT2D eigenvalue weighted by Gasteiger charge is 2.24. The number of aryl methyl sites for hydroxylation is 1. The van der Waals surface area contributed by atoms with Crippen LogP contribution in [0.2, 0.25) is 0 Å². The molecule has 0 aliphatic rings. The maximum Gasteiger partial charge on any atom is 0.0322 e. The van der Waals surface area contributed by atoms with Crippen molar-refractivity contribution in [3.05, 3.63) is 34.4 Å². The summed E-state index contributed by atoms with van der Waals surface area (Å²) in [5.74, 6) is 0.749. The van der Waals surface area contributed by atoms with Crippen LogP contribution >= 0.6 is 0 Å². The molecule has 0 aromatic heterocycles. The second kappa shape index (κ2) is 7.98. The smallest absolute Gasteiger partial charge is 0.0322 e. The topological polar surface area (TPSA) is 3.24 Å². The molecule has 0 aliphatic carbocycles. The maximum absolute atomic E-state index is 2.58. The zero-order chi connectivity index (χ0) is 16.2. The molecule has 0 fully saturated rings. The van der Waals surface area contributed by atoms with Crippen molar-refractivity contribution < 1.29 is 0 Å². The molecule has 120 valence electrons. The van der Waals surface area contributed by atoms with E-state index in [0.29, 0.717) is 12.1 Å². The molecule has 0 heterocycles. The van der Waals surface area contributed by atoms with Crippen LogP contribution in [-0.2, 0) is 6.42 Å². The first-order valence-corrected chi connectivity index (χ1v) is 8.69. The van der Waals surface area contributed by atoms with Gasteiger partial charge >= 0.3 is 0 Å². The van der Waals surface area contributed by atoms with Gasteiger partial charge in [0.1, 0.15) is 0 Å². The summed E-state index contributed by atoms with van der Waals surface area (Å²) in [5, 5.41) is 0. The fourth-order valence-corrected chi connectivity index (χ4v) is 3.60. The first-order valence-electron chi connectivity index (χ1n) is 8.69. The Balaban J connectivity index is 3.07.